The number of aromatic nitrogens is 2. The Morgan fingerprint density at radius 3 is 2.61 bits per heavy atom. The first kappa shape index (κ1) is 20.3. The molecule has 1 amide bonds. The molecular weight excluding hydrogens is 382 g/mol. The highest BCUT2D eigenvalue weighted by Crippen LogP contribution is 2.20. The van der Waals surface area contributed by atoms with E-state index in [9.17, 15) is 14.4 Å². The zero-order valence-electron chi connectivity index (χ0n) is 16.1. The molecular formula is C19H23N3O5S. The van der Waals surface area contributed by atoms with Crippen molar-refractivity contribution in [1.29, 1.82) is 0 Å². The topological polar surface area (TPSA) is 90.7 Å². The molecule has 1 fully saturated rings. The maximum absolute atomic E-state index is 12.8. The van der Waals surface area contributed by atoms with Crippen molar-refractivity contribution < 1.29 is 19.1 Å². The Labute approximate surface area is 166 Å². The van der Waals surface area contributed by atoms with Crippen molar-refractivity contribution in [3.8, 4) is 0 Å². The van der Waals surface area contributed by atoms with Crippen LogP contribution in [0, 0.1) is 0 Å². The number of nitrogens with zero attached hydrogens (tertiary/aromatic N) is 3. The van der Waals surface area contributed by atoms with Crippen molar-refractivity contribution >= 4 is 34.5 Å². The number of thioether (sulfide) groups is 1. The number of esters is 1. The van der Waals surface area contributed by atoms with Gasteiger partial charge in [-0.15, -0.1) is 0 Å². The lowest BCUT2D eigenvalue weighted by atomic mass is 10.2. The van der Waals surface area contributed by atoms with Crippen LogP contribution >= 0.6 is 11.8 Å². The molecule has 0 spiro atoms. The van der Waals surface area contributed by atoms with Crippen LogP contribution in [-0.2, 0) is 25.6 Å². The van der Waals surface area contributed by atoms with E-state index >= 15 is 0 Å². The van der Waals surface area contributed by atoms with Crippen LogP contribution in [0.5, 0.6) is 0 Å². The van der Waals surface area contributed by atoms with Crippen LogP contribution in [0.25, 0.3) is 10.9 Å². The van der Waals surface area contributed by atoms with Crippen LogP contribution in [-0.4, -0.2) is 64.5 Å². The number of amides is 1. The average Bonchev–Trinajstić information content (AvgIpc) is 2.67. The van der Waals surface area contributed by atoms with Crippen molar-refractivity contribution in [1.82, 2.24) is 14.5 Å². The molecule has 0 bridgehead atoms. The van der Waals surface area contributed by atoms with E-state index in [0.717, 1.165) is 11.8 Å². The molecule has 28 heavy (non-hydrogen) atoms. The Hall–Kier alpha value is -2.39. The zero-order valence-corrected chi connectivity index (χ0v) is 16.9. The Kier molecular flexibility index (Phi) is 6.35. The lowest BCUT2D eigenvalue weighted by Crippen LogP contribution is -2.48. The maximum atomic E-state index is 12.8. The van der Waals surface area contributed by atoms with Crippen molar-refractivity contribution in [2.75, 3.05) is 26.0 Å². The number of morpholine rings is 1. The third-order valence-electron chi connectivity index (χ3n) is 4.44. The standard InChI is InChI=1S/C19H23N3O5S/c1-12-8-21(9-13(2)27-12)16(23)11-28-19-20-15-7-5-4-6-14(15)18(25)22(19)10-17(24)26-3/h4-7,12-13H,8-11H2,1-3H3/t12-,13-/m0/s1. The van der Waals surface area contributed by atoms with Crippen LogP contribution < -0.4 is 5.56 Å². The summed E-state index contributed by atoms with van der Waals surface area (Å²) in [6, 6.07) is 6.92. The van der Waals surface area contributed by atoms with E-state index in [1.165, 1.54) is 11.7 Å². The van der Waals surface area contributed by atoms with Crippen LogP contribution in [0.4, 0.5) is 0 Å². The predicted molar refractivity (Wildman–Crippen MR) is 105 cm³/mol. The molecule has 0 aliphatic carbocycles. The minimum absolute atomic E-state index is 0.0194. The van der Waals surface area contributed by atoms with Crippen molar-refractivity contribution in [2.45, 2.75) is 37.8 Å². The van der Waals surface area contributed by atoms with E-state index in [1.807, 2.05) is 13.8 Å². The molecule has 0 unspecified atom stereocenters. The van der Waals surface area contributed by atoms with Gasteiger partial charge < -0.3 is 14.4 Å². The number of para-hydroxylation sites is 1. The fraction of sp³-hybridized carbons (Fsp3) is 0.474. The highest BCUT2D eigenvalue weighted by molar-refractivity contribution is 7.99. The first-order valence-corrected chi connectivity index (χ1v) is 10.00. The molecule has 0 radical (unpaired) electrons. The second-order valence-electron chi connectivity index (χ2n) is 6.72. The number of hydrogen-bond donors (Lipinski definition) is 0. The SMILES string of the molecule is COC(=O)Cn1c(SCC(=O)N2C[C@H](C)O[C@@H](C)C2)nc2ccccc2c1=O. The van der Waals surface area contributed by atoms with Crippen molar-refractivity contribution in [3.63, 3.8) is 0 Å². The molecule has 2 heterocycles. The van der Waals surface area contributed by atoms with Gasteiger partial charge in [0.25, 0.3) is 5.56 Å². The van der Waals surface area contributed by atoms with Gasteiger partial charge in [-0.25, -0.2) is 4.98 Å². The Balaban J connectivity index is 1.84. The van der Waals surface area contributed by atoms with Crippen molar-refractivity contribution in [2.24, 2.45) is 0 Å². The third kappa shape index (κ3) is 4.53. The number of rotatable bonds is 5. The van der Waals surface area contributed by atoms with E-state index in [1.54, 1.807) is 29.2 Å². The molecule has 3 rings (SSSR count). The zero-order chi connectivity index (χ0) is 20.3. The average molecular weight is 405 g/mol. The van der Waals surface area contributed by atoms with E-state index in [4.69, 9.17) is 9.47 Å². The molecule has 1 aliphatic heterocycles. The number of methoxy groups -OCH3 is 1. The summed E-state index contributed by atoms with van der Waals surface area (Å²) in [4.78, 5) is 43.5. The molecule has 8 nitrogen and oxygen atoms in total. The van der Waals surface area contributed by atoms with E-state index < -0.39 is 5.97 Å². The van der Waals surface area contributed by atoms with Gasteiger partial charge in [-0.1, -0.05) is 23.9 Å². The van der Waals surface area contributed by atoms with Gasteiger partial charge in [-0.05, 0) is 26.0 Å². The molecule has 1 aromatic carbocycles. The monoisotopic (exact) mass is 405 g/mol. The van der Waals surface area contributed by atoms with E-state index in [0.29, 0.717) is 29.1 Å². The minimum Gasteiger partial charge on any atom is -0.468 e. The summed E-state index contributed by atoms with van der Waals surface area (Å²) < 4.78 is 11.6. The molecule has 2 aromatic rings. The van der Waals surface area contributed by atoms with Gasteiger partial charge in [0.2, 0.25) is 5.91 Å². The predicted octanol–water partition coefficient (Wildman–Crippen LogP) is 1.30. The van der Waals surface area contributed by atoms with Crippen LogP contribution in [0.1, 0.15) is 13.8 Å². The minimum atomic E-state index is -0.553. The lowest BCUT2D eigenvalue weighted by Gasteiger charge is -2.35. The number of carbonyl (C=O) groups is 2. The van der Waals surface area contributed by atoms with Gasteiger partial charge in [0.1, 0.15) is 6.54 Å². The van der Waals surface area contributed by atoms with Crippen molar-refractivity contribution in [3.05, 3.63) is 34.6 Å². The molecule has 0 N–H and O–H groups in total. The van der Waals surface area contributed by atoms with E-state index in [2.05, 4.69) is 4.98 Å². The Morgan fingerprint density at radius 2 is 1.93 bits per heavy atom. The molecule has 9 heteroatoms. The fourth-order valence-electron chi connectivity index (χ4n) is 3.19. The second kappa shape index (κ2) is 8.74. The van der Waals surface area contributed by atoms with Gasteiger partial charge in [0.15, 0.2) is 5.16 Å². The highest BCUT2D eigenvalue weighted by Gasteiger charge is 2.26. The molecule has 2 atom stereocenters. The molecule has 1 aromatic heterocycles. The van der Waals surface area contributed by atoms with Gasteiger partial charge in [0, 0.05) is 13.1 Å². The van der Waals surface area contributed by atoms with Gasteiger partial charge in [0.05, 0.1) is 36.0 Å². The summed E-state index contributed by atoms with van der Waals surface area (Å²) in [6.07, 6.45) is -0.0389. The molecule has 1 aliphatic rings. The number of fused-ring (bicyclic) bond motifs is 1. The number of ether oxygens (including phenoxy) is 2. The summed E-state index contributed by atoms with van der Waals surface area (Å²) >= 11 is 1.14. The van der Waals surface area contributed by atoms with Gasteiger partial charge in [-0.3, -0.25) is 19.0 Å². The summed E-state index contributed by atoms with van der Waals surface area (Å²) in [5, 5.41) is 0.731. The highest BCUT2D eigenvalue weighted by atomic mass is 32.2. The fourth-order valence-corrected chi connectivity index (χ4v) is 4.09. The normalized spacial score (nSPS) is 19.6. The van der Waals surface area contributed by atoms with Crippen LogP contribution in [0.15, 0.2) is 34.2 Å². The first-order chi connectivity index (χ1) is 13.4. The second-order valence-corrected chi connectivity index (χ2v) is 7.67. The maximum Gasteiger partial charge on any atom is 0.325 e. The smallest absolute Gasteiger partial charge is 0.325 e. The first-order valence-electron chi connectivity index (χ1n) is 9.01. The molecule has 150 valence electrons. The summed E-state index contributed by atoms with van der Waals surface area (Å²) in [5.41, 5.74) is 0.191. The largest absolute Gasteiger partial charge is 0.468 e. The summed E-state index contributed by atoms with van der Waals surface area (Å²) in [7, 11) is 1.26. The third-order valence-corrected chi connectivity index (χ3v) is 5.40. The quantitative estimate of drug-likeness (QED) is 0.421. The Morgan fingerprint density at radius 1 is 1.25 bits per heavy atom. The number of carbonyl (C=O) groups excluding carboxylic acids is 2. The van der Waals surface area contributed by atoms with Crippen LogP contribution in [0.3, 0.4) is 0 Å². The summed E-state index contributed by atoms with van der Waals surface area (Å²) in [5.74, 6) is -0.493. The number of benzene rings is 1. The van der Waals surface area contributed by atoms with Crippen LogP contribution in [0.2, 0.25) is 0 Å². The number of hydrogen-bond acceptors (Lipinski definition) is 7. The Bertz CT molecular complexity index is 935. The van der Waals surface area contributed by atoms with E-state index in [-0.39, 0.29) is 36.0 Å². The lowest BCUT2D eigenvalue weighted by molar-refractivity contribution is -0.141. The molecule has 1 saturated heterocycles. The van der Waals surface area contributed by atoms with Gasteiger partial charge in [-0.2, -0.15) is 0 Å². The summed E-state index contributed by atoms with van der Waals surface area (Å²) in [6.45, 7) is 4.67. The van der Waals surface area contributed by atoms with Gasteiger partial charge >= 0.3 is 5.97 Å². The molecule has 0 saturated carbocycles.